The van der Waals surface area contributed by atoms with E-state index < -0.39 is 0 Å². The third kappa shape index (κ3) is 4.17. The molecule has 2 N–H and O–H groups in total. The van der Waals surface area contributed by atoms with E-state index in [0.717, 1.165) is 5.69 Å². The van der Waals surface area contributed by atoms with E-state index >= 15 is 0 Å². The van der Waals surface area contributed by atoms with Crippen LogP contribution in [0.2, 0.25) is 0 Å². The van der Waals surface area contributed by atoms with E-state index in [1.807, 2.05) is 44.6 Å². The summed E-state index contributed by atoms with van der Waals surface area (Å²) >= 11 is 0. The van der Waals surface area contributed by atoms with Crippen LogP contribution in [0.4, 0.5) is 5.88 Å². The zero-order valence-electron chi connectivity index (χ0n) is 13.4. The van der Waals surface area contributed by atoms with E-state index in [-0.39, 0.29) is 30.5 Å². The minimum Gasteiger partial charge on any atom is -0.338 e. The summed E-state index contributed by atoms with van der Waals surface area (Å²) in [7, 11) is 0. The standard InChI is InChI=1S/C15H23N5O2/c1-10(2)13-8-15(22-19-13)18-14(21)9-16-11(3)12(4)20-7-5-6-17-20/h5-8,10-12,16H,9H2,1-4H3,(H,18,21)/t11-,12+/m0/s1. The molecule has 0 bridgehead atoms. The topological polar surface area (TPSA) is 85.0 Å². The normalized spacial score (nSPS) is 14.0. The van der Waals surface area contributed by atoms with Gasteiger partial charge in [-0.1, -0.05) is 19.0 Å². The van der Waals surface area contributed by atoms with Gasteiger partial charge in [0.1, 0.15) is 0 Å². The second-order valence-corrected chi connectivity index (χ2v) is 5.72. The molecule has 22 heavy (non-hydrogen) atoms. The van der Waals surface area contributed by atoms with Gasteiger partial charge in [-0.05, 0) is 25.8 Å². The predicted octanol–water partition coefficient (Wildman–Crippen LogP) is 2.17. The Bertz CT molecular complexity index is 591. The number of nitrogens with zero attached hydrogens (tertiary/aromatic N) is 3. The molecule has 2 rings (SSSR count). The van der Waals surface area contributed by atoms with Crippen molar-refractivity contribution in [3.63, 3.8) is 0 Å². The average molecular weight is 305 g/mol. The molecule has 2 atom stereocenters. The van der Waals surface area contributed by atoms with E-state index in [9.17, 15) is 4.79 Å². The Morgan fingerprint density at radius 2 is 2.14 bits per heavy atom. The van der Waals surface area contributed by atoms with Crippen LogP contribution in [0.15, 0.2) is 29.0 Å². The van der Waals surface area contributed by atoms with E-state index in [2.05, 4.69) is 20.9 Å². The molecule has 120 valence electrons. The predicted molar refractivity (Wildman–Crippen MR) is 83.6 cm³/mol. The van der Waals surface area contributed by atoms with Gasteiger partial charge in [-0.2, -0.15) is 5.10 Å². The Balaban J connectivity index is 1.79. The molecule has 7 heteroatoms. The number of aromatic nitrogens is 3. The molecule has 2 heterocycles. The second-order valence-electron chi connectivity index (χ2n) is 5.72. The van der Waals surface area contributed by atoms with E-state index in [1.54, 1.807) is 12.3 Å². The Kier molecular flexibility index (Phi) is 5.32. The summed E-state index contributed by atoms with van der Waals surface area (Å²) in [6.45, 7) is 8.30. The van der Waals surface area contributed by atoms with Gasteiger partial charge in [0.25, 0.3) is 0 Å². The van der Waals surface area contributed by atoms with Crippen LogP contribution in [0.5, 0.6) is 0 Å². The van der Waals surface area contributed by atoms with Gasteiger partial charge >= 0.3 is 0 Å². The van der Waals surface area contributed by atoms with Crippen LogP contribution in [-0.4, -0.2) is 33.4 Å². The molecule has 0 aromatic carbocycles. The quantitative estimate of drug-likeness (QED) is 0.819. The van der Waals surface area contributed by atoms with Crippen molar-refractivity contribution in [1.82, 2.24) is 20.3 Å². The van der Waals surface area contributed by atoms with Crippen molar-refractivity contribution in [2.75, 3.05) is 11.9 Å². The second kappa shape index (κ2) is 7.22. The summed E-state index contributed by atoms with van der Waals surface area (Å²) < 4.78 is 6.95. The van der Waals surface area contributed by atoms with Crippen LogP contribution in [0, 0.1) is 0 Å². The lowest BCUT2D eigenvalue weighted by atomic mass is 10.1. The fourth-order valence-electron chi connectivity index (χ4n) is 1.98. The lowest BCUT2D eigenvalue weighted by Gasteiger charge is -2.21. The first-order chi connectivity index (χ1) is 10.5. The van der Waals surface area contributed by atoms with Crippen LogP contribution in [0.1, 0.15) is 45.3 Å². The number of rotatable bonds is 7. The third-order valence-corrected chi connectivity index (χ3v) is 3.63. The summed E-state index contributed by atoms with van der Waals surface area (Å²) in [5, 5.41) is 14.0. The van der Waals surface area contributed by atoms with Crippen molar-refractivity contribution < 1.29 is 9.32 Å². The SMILES string of the molecule is CC(C)c1cc(NC(=O)CN[C@@H](C)[C@@H](C)n2cccn2)on1. The number of amides is 1. The molecular weight excluding hydrogens is 282 g/mol. The molecule has 0 unspecified atom stereocenters. The zero-order valence-corrected chi connectivity index (χ0v) is 13.4. The molecule has 2 aromatic rings. The molecule has 0 saturated carbocycles. The number of carbonyl (C=O) groups is 1. The average Bonchev–Trinajstić information content (AvgIpc) is 3.15. The maximum atomic E-state index is 11.9. The summed E-state index contributed by atoms with van der Waals surface area (Å²) in [4.78, 5) is 11.9. The highest BCUT2D eigenvalue weighted by molar-refractivity contribution is 5.90. The lowest BCUT2D eigenvalue weighted by molar-refractivity contribution is -0.115. The number of nitrogens with one attached hydrogen (secondary N) is 2. The van der Waals surface area contributed by atoms with Crippen molar-refractivity contribution in [3.05, 3.63) is 30.2 Å². The Morgan fingerprint density at radius 1 is 1.36 bits per heavy atom. The molecule has 0 spiro atoms. The van der Waals surface area contributed by atoms with Crippen LogP contribution in [-0.2, 0) is 4.79 Å². The molecule has 2 aromatic heterocycles. The minimum atomic E-state index is -0.161. The highest BCUT2D eigenvalue weighted by Crippen LogP contribution is 2.17. The molecule has 0 radical (unpaired) electrons. The van der Waals surface area contributed by atoms with Gasteiger partial charge in [0.05, 0.1) is 18.3 Å². The molecular formula is C15H23N5O2. The number of hydrogen-bond donors (Lipinski definition) is 2. The van der Waals surface area contributed by atoms with Crippen molar-refractivity contribution in [2.45, 2.75) is 45.7 Å². The lowest BCUT2D eigenvalue weighted by Crippen LogP contribution is -2.39. The van der Waals surface area contributed by atoms with Crippen molar-refractivity contribution in [3.8, 4) is 0 Å². The van der Waals surface area contributed by atoms with Crippen molar-refractivity contribution in [1.29, 1.82) is 0 Å². The first-order valence-electron chi connectivity index (χ1n) is 7.46. The first-order valence-corrected chi connectivity index (χ1v) is 7.46. The monoisotopic (exact) mass is 305 g/mol. The molecule has 1 amide bonds. The number of carbonyl (C=O) groups excluding carboxylic acids is 1. The van der Waals surface area contributed by atoms with Gasteiger partial charge in [-0.25, -0.2) is 0 Å². The van der Waals surface area contributed by atoms with Crippen LogP contribution in [0.3, 0.4) is 0 Å². The van der Waals surface area contributed by atoms with Crippen LogP contribution >= 0.6 is 0 Å². The molecule has 0 aliphatic rings. The van der Waals surface area contributed by atoms with E-state index in [4.69, 9.17) is 4.52 Å². The molecule has 0 fully saturated rings. The summed E-state index contributed by atoms with van der Waals surface area (Å²) in [5.41, 5.74) is 0.823. The van der Waals surface area contributed by atoms with Gasteiger partial charge in [0, 0.05) is 24.5 Å². The fourth-order valence-corrected chi connectivity index (χ4v) is 1.98. The molecule has 7 nitrogen and oxygen atoms in total. The maximum Gasteiger partial charge on any atom is 0.240 e. The smallest absolute Gasteiger partial charge is 0.240 e. The van der Waals surface area contributed by atoms with Gasteiger partial charge < -0.3 is 9.84 Å². The van der Waals surface area contributed by atoms with Gasteiger partial charge in [0.2, 0.25) is 11.8 Å². The Labute approximate surface area is 130 Å². The third-order valence-electron chi connectivity index (χ3n) is 3.63. The summed E-state index contributed by atoms with van der Waals surface area (Å²) in [6.07, 6.45) is 3.65. The summed E-state index contributed by atoms with van der Waals surface area (Å²) in [6, 6.07) is 3.89. The van der Waals surface area contributed by atoms with Crippen molar-refractivity contribution >= 4 is 11.8 Å². The van der Waals surface area contributed by atoms with E-state index in [1.165, 1.54) is 0 Å². The van der Waals surface area contributed by atoms with Crippen LogP contribution in [0.25, 0.3) is 0 Å². The van der Waals surface area contributed by atoms with Gasteiger partial charge in [-0.15, -0.1) is 0 Å². The fraction of sp³-hybridized carbons (Fsp3) is 0.533. The highest BCUT2D eigenvalue weighted by atomic mass is 16.5. The number of anilines is 1. The maximum absolute atomic E-state index is 11.9. The minimum absolute atomic E-state index is 0.103. The molecule has 0 aliphatic heterocycles. The van der Waals surface area contributed by atoms with Crippen LogP contribution < -0.4 is 10.6 Å². The van der Waals surface area contributed by atoms with E-state index in [0.29, 0.717) is 5.88 Å². The number of hydrogen-bond acceptors (Lipinski definition) is 5. The van der Waals surface area contributed by atoms with Gasteiger partial charge in [0.15, 0.2) is 0 Å². The Hall–Kier alpha value is -2.15. The molecule has 0 saturated heterocycles. The summed E-state index contributed by atoms with van der Waals surface area (Å²) in [5.74, 6) is 0.483. The Morgan fingerprint density at radius 3 is 2.73 bits per heavy atom. The zero-order chi connectivity index (χ0) is 16.1. The molecule has 0 aliphatic carbocycles. The largest absolute Gasteiger partial charge is 0.338 e. The van der Waals surface area contributed by atoms with Gasteiger partial charge in [-0.3, -0.25) is 14.8 Å². The first kappa shape index (κ1) is 16.2. The highest BCUT2D eigenvalue weighted by Gasteiger charge is 2.16. The van der Waals surface area contributed by atoms with Crippen molar-refractivity contribution in [2.24, 2.45) is 0 Å².